The highest BCUT2D eigenvalue weighted by atomic mass is 16.2. The van der Waals surface area contributed by atoms with Crippen molar-refractivity contribution in [1.29, 1.82) is 0 Å². The number of hydrogen-bond donors (Lipinski definition) is 1. The van der Waals surface area contributed by atoms with Gasteiger partial charge in [-0.15, -0.1) is 0 Å². The maximum atomic E-state index is 13.0. The Balaban J connectivity index is 1.37. The first-order valence-electron chi connectivity index (χ1n) is 9.44. The molecule has 2 aromatic rings. The van der Waals surface area contributed by atoms with Crippen LogP contribution in [-0.2, 0) is 11.3 Å². The van der Waals surface area contributed by atoms with Gasteiger partial charge in [-0.05, 0) is 62.0 Å². The van der Waals surface area contributed by atoms with Crippen LogP contribution in [0.15, 0.2) is 29.1 Å². The molecule has 2 bridgehead atoms. The number of carbonyl (C=O) groups is 1. The fraction of sp³-hybridized carbons (Fsp3) is 0.550. The third-order valence-electron chi connectivity index (χ3n) is 6.72. The molecule has 0 spiro atoms. The van der Waals surface area contributed by atoms with E-state index in [1.165, 1.54) is 19.3 Å². The first-order valence-corrected chi connectivity index (χ1v) is 9.44. The Morgan fingerprint density at radius 3 is 2.68 bits per heavy atom. The van der Waals surface area contributed by atoms with Crippen molar-refractivity contribution < 1.29 is 4.79 Å². The van der Waals surface area contributed by atoms with Crippen LogP contribution in [0, 0.1) is 29.6 Å². The van der Waals surface area contributed by atoms with E-state index in [1.807, 2.05) is 30.0 Å². The number of aromatic nitrogens is 2. The van der Waals surface area contributed by atoms with E-state index < -0.39 is 0 Å². The zero-order valence-corrected chi connectivity index (χ0v) is 14.4. The molecule has 5 nitrogen and oxygen atoms in total. The van der Waals surface area contributed by atoms with Crippen LogP contribution in [-0.4, -0.2) is 27.3 Å². The summed E-state index contributed by atoms with van der Waals surface area (Å²) in [7, 11) is 0. The Morgan fingerprint density at radius 2 is 1.96 bits per heavy atom. The molecule has 1 N–H and O–H groups in total. The second kappa shape index (κ2) is 5.41. The number of hydrogen-bond acceptors (Lipinski definition) is 3. The zero-order chi connectivity index (χ0) is 17.1. The van der Waals surface area contributed by atoms with E-state index in [2.05, 4.69) is 9.97 Å². The van der Waals surface area contributed by atoms with Crippen molar-refractivity contribution in [1.82, 2.24) is 14.9 Å². The number of rotatable bonds is 4. The van der Waals surface area contributed by atoms with Gasteiger partial charge in [0.25, 0.3) is 5.56 Å². The van der Waals surface area contributed by atoms with Crippen LogP contribution in [0.3, 0.4) is 0 Å². The van der Waals surface area contributed by atoms with Crippen molar-refractivity contribution in [3.8, 4) is 0 Å². The molecule has 3 saturated carbocycles. The van der Waals surface area contributed by atoms with Crippen LogP contribution in [0.25, 0.3) is 10.9 Å². The number of nitrogens with one attached hydrogen (secondary N) is 1. The molecule has 0 radical (unpaired) electrons. The first kappa shape index (κ1) is 15.1. The van der Waals surface area contributed by atoms with Gasteiger partial charge in [-0.3, -0.25) is 9.59 Å². The lowest BCUT2D eigenvalue weighted by Crippen LogP contribution is -2.34. The summed E-state index contributed by atoms with van der Waals surface area (Å²) < 4.78 is 0. The smallest absolute Gasteiger partial charge is 0.258 e. The van der Waals surface area contributed by atoms with Crippen LogP contribution in [0.1, 0.15) is 32.0 Å². The number of H-pyrrole nitrogens is 1. The molecule has 1 heterocycles. The second-order valence-corrected chi connectivity index (χ2v) is 7.90. The summed E-state index contributed by atoms with van der Waals surface area (Å²) in [5, 5.41) is 0.592. The van der Waals surface area contributed by atoms with Crippen LogP contribution in [0.5, 0.6) is 0 Å². The highest BCUT2D eigenvalue weighted by molar-refractivity contribution is 5.83. The van der Waals surface area contributed by atoms with E-state index in [4.69, 9.17) is 0 Å². The first-order chi connectivity index (χ1) is 12.2. The van der Waals surface area contributed by atoms with Gasteiger partial charge in [-0.25, -0.2) is 4.98 Å². The summed E-state index contributed by atoms with van der Waals surface area (Å²) in [5.41, 5.74) is 0.552. The molecule has 1 aromatic carbocycles. The minimum atomic E-state index is -0.134. The van der Waals surface area contributed by atoms with Gasteiger partial charge in [0, 0.05) is 12.5 Å². The van der Waals surface area contributed by atoms with Crippen molar-refractivity contribution in [3.05, 3.63) is 40.4 Å². The minimum absolute atomic E-state index is 0.134. The summed E-state index contributed by atoms with van der Waals surface area (Å²) in [4.78, 5) is 34.5. The molecule has 5 heteroatoms. The van der Waals surface area contributed by atoms with Gasteiger partial charge in [0.1, 0.15) is 5.82 Å². The van der Waals surface area contributed by atoms with E-state index in [-0.39, 0.29) is 17.4 Å². The summed E-state index contributed by atoms with van der Waals surface area (Å²) >= 11 is 0. The molecule has 0 saturated heterocycles. The molecular weight excluding hydrogens is 314 g/mol. The average molecular weight is 337 g/mol. The van der Waals surface area contributed by atoms with Crippen LogP contribution < -0.4 is 5.56 Å². The molecule has 3 fully saturated rings. The Kier molecular flexibility index (Phi) is 3.27. The fourth-order valence-electron chi connectivity index (χ4n) is 5.60. The highest BCUT2D eigenvalue weighted by Gasteiger charge is 2.67. The molecule has 25 heavy (non-hydrogen) atoms. The van der Waals surface area contributed by atoms with E-state index in [9.17, 15) is 9.59 Å². The average Bonchev–Trinajstić information content (AvgIpc) is 3.06. The monoisotopic (exact) mass is 337 g/mol. The van der Waals surface area contributed by atoms with Crippen molar-refractivity contribution >= 4 is 16.8 Å². The summed E-state index contributed by atoms with van der Waals surface area (Å²) in [6.07, 6.45) is 3.99. The van der Waals surface area contributed by atoms with Crippen LogP contribution in [0.4, 0.5) is 0 Å². The number of amides is 1. The van der Waals surface area contributed by atoms with Gasteiger partial charge in [-0.2, -0.15) is 0 Å². The number of aromatic amines is 1. The van der Waals surface area contributed by atoms with Crippen LogP contribution in [0.2, 0.25) is 0 Å². The van der Waals surface area contributed by atoms with Crippen molar-refractivity contribution in [2.45, 2.75) is 32.7 Å². The lowest BCUT2D eigenvalue weighted by molar-refractivity contribution is -0.134. The van der Waals surface area contributed by atoms with E-state index in [0.29, 0.717) is 41.7 Å². The second-order valence-electron chi connectivity index (χ2n) is 7.90. The standard InChI is InChI=1S/C20H23N3O2/c1-2-23(20(25)18-16-11-7-8-12(9-11)17(16)18)10-15-21-14-6-4-3-5-13(14)19(24)22-15/h3-6,11-12,16-18H,2,7-10H2,1H3,(H,21,22,24)/t11-,12+,16+,17-,18?. The minimum Gasteiger partial charge on any atom is -0.335 e. The number of para-hydroxylation sites is 1. The van der Waals surface area contributed by atoms with Crippen molar-refractivity contribution in [2.75, 3.05) is 6.54 Å². The molecule has 5 atom stereocenters. The topological polar surface area (TPSA) is 66.1 Å². The maximum absolute atomic E-state index is 13.0. The number of carbonyl (C=O) groups excluding carboxylic acids is 1. The van der Waals surface area contributed by atoms with Crippen molar-refractivity contribution in [3.63, 3.8) is 0 Å². The van der Waals surface area contributed by atoms with Gasteiger partial charge in [-0.1, -0.05) is 12.1 Å². The Hall–Kier alpha value is -2.17. The van der Waals surface area contributed by atoms with Crippen LogP contribution >= 0.6 is 0 Å². The molecule has 1 amide bonds. The maximum Gasteiger partial charge on any atom is 0.258 e. The summed E-state index contributed by atoms with van der Waals surface area (Å²) in [6.45, 7) is 3.05. The molecule has 5 rings (SSSR count). The van der Waals surface area contributed by atoms with Gasteiger partial charge in [0.15, 0.2) is 0 Å². The molecule has 130 valence electrons. The molecule has 1 aromatic heterocycles. The van der Waals surface area contributed by atoms with Gasteiger partial charge in [0.2, 0.25) is 5.91 Å². The Bertz CT molecular complexity index is 889. The number of fused-ring (bicyclic) bond motifs is 6. The molecule has 3 aliphatic rings. The zero-order valence-electron chi connectivity index (χ0n) is 14.4. The fourth-order valence-corrected chi connectivity index (χ4v) is 5.60. The number of nitrogens with zero attached hydrogens (tertiary/aromatic N) is 2. The Labute approximate surface area is 146 Å². The van der Waals surface area contributed by atoms with Gasteiger partial charge >= 0.3 is 0 Å². The number of benzene rings is 1. The lowest BCUT2D eigenvalue weighted by Gasteiger charge is -2.22. The van der Waals surface area contributed by atoms with Gasteiger partial charge < -0.3 is 9.88 Å². The highest BCUT2D eigenvalue weighted by Crippen LogP contribution is 2.69. The largest absolute Gasteiger partial charge is 0.335 e. The molecule has 0 aliphatic heterocycles. The third-order valence-corrected chi connectivity index (χ3v) is 6.72. The SMILES string of the molecule is CCN(Cc1nc2ccccc2c(=O)[nH]1)C(=O)C1[C@@H]2[C@H]3CC[C@H](C3)[C@H]12. The predicted molar refractivity (Wildman–Crippen MR) is 94.8 cm³/mol. The molecule has 3 aliphatic carbocycles. The van der Waals surface area contributed by atoms with E-state index >= 15 is 0 Å². The quantitative estimate of drug-likeness (QED) is 0.932. The molecular formula is C20H23N3O2. The van der Waals surface area contributed by atoms with Crippen molar-refractivity contribution in [2.24, 2.45) is 29.6 Å². The Morgan fingerprint density at radius 1 is 1.24 bits per heavy atom. The van der Waals surface area contributed by atoms with E-state index in [0.717, 1.165) is 11.8 Å². The third kappa shape index (κ3) is 2.25. The van der Waals surface area contributed by atoms with E-state index in [1.54, 1.807) is 6.07 Å². The summed E-state index contributed by atoms with van der Waals surface area (Å²) in [5.74, 6) is 3.95. The summed E-state index contributed by atoms with van der Waals surface area (Å²) in [6, 6.07) is 7.33. The molecule has 1 unspecified atom stereocenters. The predicted octanol–water partition coefficient (Wildman–Crippen LogP) is 2.56. The normalized spacial score (nSPS) is 32.0. The lowest BCUT2D eigenvalue weighted by atomic mass is 10.0. The van der Waals surface area contributed by atoms with Gasteiger partial charge in [0.05, 0.1) is 17.4 Å².